The smallest absolute Gasteiger partial charge is 0.372 e. The molecule has 0 heterocycles. The number of rotatable bonds is 8. The van der Waals surface area contributed by atoms with E-state index in [1.807, 2.05) is 19.1 Å². The van der Waals surface area contributed by atoms with Crippen LogP contribution in [-0.4, -0.2) is 49.7 Å². The summed E-state index contributed by atoms with van der Waals surface area (Å²) in [6.45, 7) is 0.0407. The second kappa shape index (κ2) is 9.27. The van der Waals surface area contributed by atoms with E-state index in [0.29, 0.717) is 5.69 Å². The molecule has 24 heavy (non-hydrogen) atoms. The molecular weight excluding hydrogens is 325 g/mol. The quantitative estimate of drug-likeness (QED) is 0.736. The largest absolute Gasteiger partial charge is 0.411 e. The summed E-state index contributed by atoms with van der Waals surface area (Å²) in [5, 5.41) is 2.72. The van der Waals surface area contributed by atoms with Crippen molar-refractivity contribution < 1.29 is 27.5 Å². The standard InChI is InChI=1S/C16H21F3N2O3/c1-3-12-6-4-5-7-13(12)20-14(22)10-21(2)15(23)8-9-24-11-16(17,18)19/h4-7H,3,8-11H2,1-2H3,(H,20,22). The molecule has 0 unspecified atom stereocenters. The molecule has 0 spiro atoms. The molecule has 0 aliphatic carbocycles. The van der Waals surface area contributed by atoms with Gasteiger partial charge in [-0.3, -0.25) is 9.59 Å². The van der Waals surface area contributed by atoms with E-state index in [1.54, 1.807) is 12.1 Å². The molecule has 1 aromatic rings. The highest BCUT2D eigenvalue weighted by atomic mass is 19.4. The molecule has 0 fully saturated rings. The van der Waals surface area contributed by atoms with Gasteiger partial charge < -0.3 is 15.0 Å². The molecule has 0 aromatic heterocycles. The van der Waals surface area contributed by atoms with E-state index in [0.717, 1.165) is 16.9 Å². The van der Waals surface area contributed by atoms with Crippen LogP contribution in [0.25, 0.3) is 0 Å². The van der Waals surface area contributed by atoms with Gasteiger partial charge in [-0.25, -0.2) is 0 Å². The van der Waals surface area contributed by atoms with Crippen LogP contribution < -0.4 is 5.32 Å². The minimum absolute atomic E-state index is 0.184. The molecule has 8 heteroatoms. The van der Waals surface area contributed by atoms with Gasteiger partial charge >= 0.3 is 6.18 Å². The van der Waals surface area contributed by atoms with Crippen LogP contribution in [0.15, 0.2) is 24.3 Å². The van der Waals surface area contributed by atoms with Gasteiger partial charge in [-0.2, -0.15) is 13.2 Å². The lowest BCUT2D eigenvalue weighted by molar-refractivity contribution is -0.175. The Hall–Kier alpha value is -2.09. The average Bonchev–Trinajstić information content (AvgIpc) is 2.50. The minimum atomic E-state index is -4.42. The molecule has 1 rings (SSSR count). The molecule has 0 aliphatic rings. The normalized spacial score (nSPS) is 11.2. The van der Waals surface area contributed by atoms with Crippen molar-refractivity contribution in [2.24, 2.45) is 0 Å². The lowest BCUT2D eigenvalue weighted by Gasteiger charge is -2.17. The molecule has 1 N–H and O–H groups in total. The Balaban J connectivity index is 2.39. The zero-order valence-electron chi connectivity index (χ0n) is 13.7. The fourth-order valence-corrected chi connectivity index (χ4v) is 1.98. The minimum Gasteiger partial charge on any atom is -0.372 e. The fraction of sp³-hybridized carbons (Fsp3) is 0.500. The van der Waals surface area contributed by atoms with Crippen molar-refractivity contribution in [3.8, 4) is 0 Å². The van der Waals surface area contributed by atoms with Crippen molar-refractivity contribution in [3.05, 3.63) is 29.8 Å². The van der Waals surface area contributed by atoms with E-state index >= 15 is 0 Å². The third-order valence-corrected chi connectivity index (χ3v) is 3.20. The molecular formula is C16H21F3N2O3. The third kappa shape index (κ3) is 7.45. The molecule has 134 valence electrons. The van der Waals surface area contributed by atoms with Gasteiger partial charge in [-0.1, -0.05) is 25.1 Å². The maximum atomic E-state index is 12.0. The zero-order chi connectivity index (χ0) is 18.2. The average molecular weight is 346 g/mol. The first-order valence-electron chi connectivity index (χ1n) is 7.49. The number of ether oxygens (including phenoxy) is 1. The number of hydrogen-bond acceptors (Lipinski definition) is 3. The van der Waals surface area contributed by atoms with Crippen molar-refractivity contribution in [3.63, 3.8) is 0 Å². The van der Waals surface area contributed by atoms with Gasteiger partial charge in [0.2, 0.25) is 11.8 Å². The van der Waals surface area contributed by atoms with E-state index < -0.39 is 18.7 Å². The summed E-state index contributed by atoms with van der Waals surface area (Å²) in [5.41, 5.74) is 1.65. The van der Waals surface area contributed by atoms with Crippen molar-refractivity contribution in [1.29, 1.82) is 0 Å². The number of hydrogen-bond donors (Lipinski definition) is 1. The lowest BCUT2D eigenvalue weighted by Crippen LogP contribution is -2.35. The Labute approximate surface area is 138 Å². The van der Waals surface area contributed by atoms with E-state index in [1.165, 1.54) is 7.05 Å². The Morgan fingerprint density at radius 2 is 1.92 bits per heavy atom. The highest BCUT2D eigenvalue weighted by Crippen LogP contribution is 2.15. The van der Waals surface area contributed by atoms with E-state index in [-0.39, 0.29) is 25.5 Å². The van der Waals surface area contributed by atoms with Crippen molar-refractivity contribution in [2.45, 2.75) is 25.9 Å². The van der Waals surface area contributed by atoms with Gasteiger partial charge in [-0.05, 0) is 18.1 Å². The molecule has 5 nitrogen and oxygen atoms in total. The van der Waals surface area contributed by atoms with Crippen LogP contribution in [0.3, 0.4) is 0 Å². The molecule has 0 bridgehead atoms. The van der Waals surface area contributed by atoms with E-state index in [2.05, 4.69) is 10.1 Å². The predicted molar refractivity (Wildman–Crippen MR) is 83.6 cm³/mol. The second-order valence-electron chi connectivity index (χ2n) is 5.23. The van der Waals surface area contributed by atoms with Crippen molar-refractivity contribution in [1.82, 2.24) is 4.90 Å². The number of benzene rings is 1. The number of carbonyl (C=O) groups is 2. The lowest BCUT2D eigenvalue weighted by atomic mass is 10.1. The monoisotopic (exact) mass is 346 g/mol. The summed E-state index contributed by atoms with van der Waals surface area (Å²) in [6, 6.07) is 7.32. The van der Waals surface area contributed by atoms with Crippen LogP contribution in [0.5, 0.6) is 0 Å². The number of carbonyl (C=O) groups excluding carboxylic acids is 2. The zero-order valence-corrected chi connectivity index (χ0v) is 13.7. The van der Waals surface area contributed by atoms with Crippen molar-refractivity contribution in [2.75, 3.05) is 32.1 Å². The molecule has 0 radical (unpaired) electrons. The highest BCUT2D eigenvalue weighted by Gasteiger charge is 2.27. The van der Waals surface area contributed by atoms with Crippen LogP contribution in [0, 0.1) is 0 Å². The maximum Gasteiger partial charge on any atom is 0.411 e. The number of alkyl halides is 3. The topological polar surface area (TPSA) is 58.6 Å². The van der Waals surface area contributed by atoms with Crippen LogP contribution in [0.1, 0.15) is 18.9 Å². The van der Waals surface area contributed by atoms with Gasteiger partial charge in [0.05, 0.1) is 19.6 Å². The number of likely N-dealkylation sites (N-methyl/N-ethyl adjacent to an activating group) is 1. The Bertz CT molecular complexity index is 562. The summed E-state index contributed by atoms with van der Waals surface area (Å²) >= 11 is 0. The first kappa shape index (κ1) is 20.0. The first-order chi connectivity index (χ1) is 11.2. The molecule has 2 amide bonds. The number of nitrogens with one attached hydrogen (secondary N) is 1. The van der Waals surface area contributed by atoms with Gasteiger partial charge in [0.15, 0.2) is 0 Å². The summed E-state index contributed by atoms with van der Waals surface area (Å²) in [4.78, 5) is 24.9. The first-order valence-corrected chi connectivity index (χ1v) is 7.49. The molecule has 0 saturated carbocycles. The number of aryl methyl sites for hydroxylation is 1. The Kier molecular flexibility index (Phi) is 7.70. The van der Waals surface area contributed by atoms with Crippen molar-refractivity contribution >= 4 is 17.5 Å². The highest BCUT2D eigenvalue weighted by molar-refractivity contribution is 5.95. The SMILES string of the molecule is CCc1ccccc1NC(=O)CN(C)C(=O)CCOCC(F)(F)F. The number of para-hydroxylation sites is 1. The summed E-state index contributed by atoms with van der Waals surface area (Å²) in [5.74, 6) is -0.834. The predicted octanol–water partition coefficient (Wildman–Crippen LogP) is 2.61. The molecule has 1 aromatic carbocycles. The van der Waals surface area contributed by atoms with Crippen LogP contribution in [-0.2, 0) is 20.7 Å². The number of halogens is 3. The van der Waals surface area contributed by atoms with Gasteiger partial charge in [0, 0.05) is 12.7 Å². The number of anilines is 1. The molecule has 0 aliphatic heterocycles. The number of amides is 2. The number of nitrogens with zero attached hydrogens (tertiary/aromatic N) is 1. The van der Waals surface area contributed by atoms with E-state index in [9.17, 15) is 22.8 Å². The van der Waals surface area contributed by atoms with E-state index in [4.69, 9.17) is 0 Å². The fourth-order valence-electron chi connectivity index (χ4n) is 1.98. The van der Waals surface area contributed by atoms with Crippen LogP contribution in [0.2, 0.25) is 0 Å². The Morgan fingerprint density at radius 3 is 2.54 bits per heavy atom. The molecule has 0 saturated heterocycles. The third-order valence-electron chi connectivity index (χ3n) is 3.20. The molecule has 0 atom stereocenters. The van der Waals surface area contributed by atoms with Gasteiger partial charge in [0.25, 0.3) is 0 Å². The Morgan fingerprint density at radius 1 is 1.25 bits per heavy atom. The summed E-state index contributed by atoms with van der Waals surface area (Å²) in [6.07, 6.45) is -3.88. The second-order valence-corrected chi connectivity index (χ2v) is 5.23. The summed E-state index contributed by atoms with van der Waals surface area (Å²) in [7, 11) is 1.41. The maximum absolute atomic E-state index is 12.0. The van der Waals surface area contributed by atoms with Crippen LogP contribution >= 0.6 is 0 Å². The summed E-state index contributed by atoms with van der Waals surface area (Å²) < 4.78 is 40.1. The van der Waals surface area contributed by atoms with Gasteiger partial charge in [0.1, 0.15) is 6.61 Å². The van der Waals surface area contributed by atoms with Gasteiger partial charge in [-0.15, -0.1) is 0 Å². The van der Waals surface area contributed by atoms with Crippen LogP contribution in [0.4, 0.5) is 18.9 Å².